The highest BCUT2D eigenvalue weighted by Gasteiger charge is 2.44. The van der Waals surface area contributed by atoms with Crippen molar-refractivity contribution in [2.75, 3.05) is 13.2 Å². The summed E-state index contributed by atoms with van der Waals surface area (Å²) in [5, 5.41) is 4.51. The molecule has 1 aromatic rings. The molecule has 1 aliphatic carbocycles. The highest BCUT2D eigenvalue weighted by atomic mass is 35.5. The van der Waals surface area contributed by atoms with E-state index in [0.717, 1.165) is 31.0 Å². The number of hydrogen-bond donors (Lipinski definition) is 1. The van der Waals surface area contributed by atoms with Gasteiger partial charge in [0.15, 0.2) is 0 Å². The van der Waals surface area contributed by atoms with Crippen LogP contribution in [0.5, 0.6) is 0 Å². The fourth-order valence-electron chi connectivity index (χ4n) is 3.24. The Hall–Kier alpha value is -0.570. The molecule has 1 N–H and O–H groups in total. The molecular weight excluding hydrogens is 234 g/mol. The fourth-order valence-corrected chi connectivity index (χ4v) is 3.43. The molecule has 0 amide bonds. The Morgan fingerprint density at radius 3 is 3.18 bits per heavy atom. The van der Waals surface area contributed by atoms with Crippen LogP contribution in [0, 0.1) is 0 Å². The van der Waals surface area contributed by atoms with Gasteiger partial charge in [0, 0.05) is 11.6 Å². The van der Waals surface area contributed by atoms with Gasteiger partial charge < -0.3 is 10.1 Å². The molecule has 2 nitrogen and oxygen atoms in total. The van der Waals surface area contributed by atoms with Crippen LogP contribution in [0.1, 0.15) is 31.2 Å². The topological polar surface area (TPSA) is 21.3 Å². The Bertz CT molecular complexity index is 395. The van der Waals surface area contributed by atoms with Crippen molar-refractivity contribution >= 4 is 11.6 Å². The normalized spacial score (nSPS) is 33.1. The van der Waals surface area contributed by atoms with Crippen LogP contribution in [0.25, 0.3) is 0 Å². The molecule has 1 saturated heterocycles. The second-order valence-electron chi connectivity index (χ2n) is 5.01. The number of ether oxygens (including phenoxy) is 1. The molecule has 0 bridgehead atoms. The Morgan fingerprint density at radius 2 is 2.29 bits per heavy atom. The van der Waals surface area contributed by atoms with Gasteiger partial charge >= 0.3 is 0 Å². The van der Waals surface area contributed by atoms with Crippen molar-refractivity contribution in [2.45, 2.75) is 37.3 Å². The Balaban J connectivity index is 2.00. The van der Waals surface area contributed by atoms with Gasteiger partial charge in [0.2, 0.25) is 0 Å². The van der Waals surface area contributed by atoms with Crippen molar-refractivity contribution in [3.8, 4) is 0 Å². The van der Waals surface area contributed by atoms with Crippen LogP contribution < -0.4 is 5.32 Å². The largest absolute Gasteiger partial charge is 0.375 e. The molecule has 1 heterocycles. The first kappa shape index (κ1) is 11.5. The zero-order valence-corrected chi connectivity index (χ0v) is 10.7. The number of nitrogens with one attached hydrogen (secondary N) is 1. The van der Waals surface area contributed by atoms with Gasteiger partial charge in [0.05, 0.1) is 18.2 Å². The Labute approximate surface area is 107 Å². The minimum absolute atomic E-state index is 0.00139. The third-order valence-electron chi connectivity index (χ3n) is 4.04. The molecule has 0 radical (unpaired) electrons. The summed E-state index contributed by atoms with van der Waals surface area (Å²) in [6, 6.07) is 8.23. The molecule has 3 rings (SSSR count). The lowest BCUT2D eigenvalue weighted by Crippen LogP contribution is -2.59. The van der Waals surface area contributed by atoms with Crippen LogP contribution >= 0.6 is 11.6 Å². The lowest BCUT2D eigenvalue weighted by molar-refractivity contribution is -0.0756. The van der Waals surface area contributed by atoms with Crippen molar-refractivity contribution < 1.29 is 4.74 Å². The summed E-state index contributed by atoms with van der Waals surface area (Å²) in [5.41, 5.74) is 1.29. The average molecular weight is 252 g/mol. The lowest BCUT2D eigenvalue weighted by Gasteiger charge is -2.48. The maximum absolute atomic E-state index is 6.12. The number of benzene rings is 1. The first-order chi connectivity index (χ1) is 8.31. The van der Waals surface area contributed by atoms with Gasteiger partial charge in [-0.05, 0) is 30.5 Å². The van der Waals surface area contributed by atoms with Crippen LogP contribution in [0.2, 0.25) is 5.02 Å². The summed E-state index contributed by atoms with van der Waals surface area (Å²) in [6.07, 6.45) is 5.15. The molecule has 1 aliphatic heterocycles. The zero-order valence-electron chi connectivity index (χ0n) is 9.92. The Kier molecular flexibility index (Phi) is 3.12. The zero-order chi connectivity index (χ0) is 11.7. The minimum Gasteiger partial charge on any atom is -0.375 e. The number of rotatable bonds is 1. The van der Waals surface area contributed by atoms with Crippen LogP contribution in [-0.2, 0) is 10.3 Å². The van der Waals surface area contributed by atoms with Gasteiger partial charge in [-0.1, -0.05) is 36.6 Å². The van der Waals surface area contributed by atoms with E-state index in [0.29, 0.717) is 6.10 Å². The third kappa shape index (κ3) is 1.99. The molecule has 0 aromatic heterocycles. The Morgan fingerprint density at radius 1 is 1.35 bits per heavy atom. The SMILES string of the molecule is Clc1cccc([C@@]23CCCC[C@@H]2OCCN3)c1. The standard InChI is InChI=1S/C14H18ClNO/c15-12-5-3-4-11(10-12)14-7-2-1-6-13(14)17-9-8-16-14/h3-5,10,13,16H,1-2,6-9H2/t13-,14-/m0/s1. The van der Waals surface area contributed by atoms with Gasteiger partial charge in [0.25, 0.3) is 0 Å². The quantitative estimate of drug-likeness (QED) is 0.828. The molecule has 2 aliphatic rings. The number of fused-ring (bicyclic) bond motifs is 1. The molecule has 92 valence electrons. The van der Waals surface area contributed by atoms with E-state index in [1.165, 1.54) is 18.4 Å². The van der Waals surface area contributed by atoms with Gasteiger partial charge in [-0.25, -0.2) is 0 Å². The first-order valence-corrected chi connectivity index (χ1v) is 6.82. The van der Waals surface area contributed by atoms with Crippen molar-refractivity contribution in [2.24, 2.45) is 0 Å². The summed E-state index contributed by atoms with van der Waals surface area (Å²) < 4.78 is 5.97. The predicted octanol–water partition coefficient (Wildman–Crippen LogP) is 3.10. The highest BCUT2D eigenvalue weighted by Crippen LogP contribution is 2.41. The molecule has 0 unspecified atom stereocenters. The van der Waals surface area contributed by atoms with Gasteiger partial charge in [0.1, 0.15) is 0 Å². The van der Waals surface area contributed by atoms with Crippen molar-refractivity contribution in [1.29, 1.82) is 0 Å². The number of halogens is 1. The molecule has 3 heteroatoms. The summed E-state index contributed by atoms with van der Waals surface area (Å²) in [4.78, 5) is 0. The molecule has 2 fully saturated rings. The molecule has 2 atom stereocenters. The highest BCUT2D eigenvalue weighted by molar-refractivity contribution is 6.30. The van der Waals surface area contributed by atoms with E-state index >= 15 is 0 Å². The van der Waals surface area contributed by atoms with E-state index in [1.54, 1.807) is 0 Å². The van der Waals surface area contributed by atoms with E-state index < -0.39 is 0 Å². The molecule has 1 aromatic carbocycles. The average Bonchev–Trinajstić information content (AvgIpc) is 2.39. The van der Waals surface area contributed by atoms with Crippen LogP contribution in [0.3, 0.4) is 0 Å². The molecular formula is C14H18ClNO. The fraction of sp³-hybridized carbons (Fsp3) is 0.571. The first-order valence-electron chi connectivity index (χ1n) is 6.44. The maximum Gasteiger partial charge on any atom is 0.0799 e. The van der Waals surface area contributed by atoms with Crippen molar-refractivity contribution in [3.05, 3.63) is 34.9 Å². The number of hydrogen-bond acceptors (Lipinski definition) is 2. The van der Waals surface area contributed by atoms with E-state index in [-0.39, 0.29) is 5.54 Å². The second kappa shape index (κ2) is 4.60. The smallest absolute Gasteiger partial charge is 0.0799 e. The third-order valence-corrected chi connectivity index (χ3v) is 4.27. The summed E-state index contributed by atoms with van der Waals surface area (Å²) in [6.45, 7) is 1.76. The van der Waals surface area contributed by atoms with Gasteiger partial charge in [-0.15, -0.1) is 0 Å². The minimum atomic E-state index is 0.00139. The maximum atomic E-state index is 6.12. The summed E-state index contributed by atoms with van der Waals surface area (Å²) in [5.74, 6) is 0. The van der Waals surface area contributed by atoms with Crippen LogP contribution in [-0.4, -0.2) is 19.3 Å². The molecule has 1 saturated carbocycles. The predicted molar refractivity (Wildman–Crippen MR) is 69.3 cm³/mol. The summed E-state index contributed by atoms with van der Waals surface area (Å²) in [7, 11) is 0. The lowest BCUT2D eigenvalue weighted by atomic mass is 9.73. The van der Waals surface area contributed by atoms with Crippen LogP contribution in [0.15, 0.2) is 24.3 Å². The second-order valence-corrected chi connectivity index (χ2v) is 5.45. The van der Waals surface area contributed by atoms with Crippen LogP contribution in [0.4, 0.5) is 0 Å². The van der Waals surface area contributed by atoms with E-state index in [9.17, 15) is 0 Å². The van der Waals surface area contributed by atoms with E-state index in [2.05, 4.69) is 17.4 Å². The van der Waals surface area contributed by atoms with E-state index in [1.807, 2.05) is 12.1 Å². The molecule has 17 heavy (non-hydrogen) atoms. The summed E-state index contributed by atoms with van der Waals surface area (Å²) >= 11 is 6.12. The van der Waals surface area contributed by atoms with Gasteiger partial charge in [-0.3, -0.25) is 0 Å². The van der Waals surface area contributed by atoms with Crippen molar-refractivity contribution in [3.63, 3.8) is 0 Å². The molecule has 0 spiro atoms. The monoisotopic (exact) mass is 251 g/mol. The van der Waals surface area contributed by atoms with Crippen molar-refractivity contribution in [1.82, 2.24) is 5.32 Å². The van der Waals surface area contributed by atoms with E-state index in [4.69, 9.17) is 16.3 Å². The number of morpholine rings is 1. The van der Waals surface area contributed by atoms with Gasteiger partial charge in [-0.2, -0.15) is 0 Å².